The Balaban J connectivity index is 1.52. The first kappa shape index (κ1) is 19.8. The van der Waals surface area contributed by atoms with Gasteiger partial charge in [0.15, 0.2) is 0 Å². The number of carbonyl (C=O) groups excluding carboxylic acids is 2. The third-order valence-electron chi connectivity index (χ3n) is 5.59. The lowest BCUT2D eigenvalue weighted by molar-refractivity contribution is -0.138. The summed E-state index contributed by atoms with van der Waals surface area (Å²) in [7, 11) is 0. The van der Waals surface area contributed by atoms with Gasteiger partial charge in [-0.15, -0.1) is 0 Å². The van der Waals surface area contributed by atoms with E-state index in [-0.39, 0.29) is 23.8 Å². The molecule has 6 heteroatoms. The number of piperidine rings is 1. The number of benzene rings is 1. The minimum Gasteiger partial charge on any atom is -0.378 e. The van der Waals surface area contributed by atoms with Gasteiger partial charge in [-0.3, -0.25) is 9.59 Å². The van der Waals surface area contributed by atoms with Gasteiger partial charge in [-0.1, -0.05) is 19.1 Å². The number of carbonyl (C=O) groups is 2. The molecule has 1 unspecified atom stereocenters. The number of likely N-dealkylation sites (tertiary alicyclic amines) is 1. The molecule has 2 fully saturated rings. The molecule has 2 amide bonds. The van der Waals surface area contributed by atoms with Crippen molar-refractivity contribution in [3.05, 3.63) is 29.8 Å². The van der Waals surface area contributed by atoms with Crippen LogP contribution in [0.3, 0.4) is 0 Å². The number of nitrogens with two attached hydrogens (primary N) is 1. The van der Waals surface area contributed by atoms with E-state index >= 15 is 0 Å². The summed E-state index contributed by atoms with van der Waals surface area (Å²) in [6.07, 6.45) is 4.10. The van der Waals surface area contributed by atoms with Crippen molar-refractivity contribution in [2.24, 2.45) is 11.7 Å². The first-order valence-corrected chi connectivity index (χ1v) is 10.1. The molecule has 1 aromatic carbocycles. The standard InChI is InChI=1S/C21H31N3O3/c1-2-16-4-6-18(7-5-16)24-15-17(14-20(24)25)21(26)23-11-8-19(9-12-23)27-13-3-10-22/h4-7,17,19H,2-3,8-15,22H2,1H3. The monoisotopic (exact) mass is 373 g/mol. The number of hydrogen-bond donors (Lipinski definition) is 1. The molecule has 0 bridgehead atoms. The van der Waals surface area contributed by atoms with E-state index in [0.29, 0.717) is 39.2 Å². The van der Waals surface area contributed by atoms with E-state index in [2.05, 4.69) is 6.92 Å². The van der Waals surface area contributed by atoms with Crippen molar-refractivity contribution in [1.82, 2.24) is 4.90 Å². The highest BCUT2D eigenvalue weighted by Crippen LogP contribution is 2.28. The highest BCUT2D eigenvalue weighted by Gasteiger charge is 2.38. The Kier molecular flexibility index (Phi) is 6.85. The first-order chi connectivity index (χ1) is 13.1. The molecule has 1 aromatic rings. The normalized spacial score (nSPS) is 21.1. The van der Waals surface area contributed by atoms with Crippen LogP contribution in [0, 0.1) is 5.92 Å². The molecule has 2 heterocycles. The second-order valence-corrected chi connectivity index (χ2v) is 7.46. The van der Waals surface area contributed by atoms with E-state index in [4.69, 9.17) is 10.5 Å². The van der Waals surface area contributed by atoms with Gasteiger partial charge in [-0.05, 0) is 49.9 Å². The third-order valence-corrected chi connectivity index (χ3v) is 5.59. The van der Waals surface area contributed by atoms with Gasteiger partial charge in [0.25, 0.3) is 0 Å². The minimum atomic E-state index is -0.238. The van der Waals surface area contributed by atoms with E-state index in [0.717, 1.165) is 31.4 Å². The summed E-state index contributed by atoms with van der Waals surface area (Å²) in [6.45, 7) is 5.35. The maximum absolute atomic E-state index is 12.9. The molecule has 148 valence electrons. The predicted molar refractivity (Wildman–Crippen MR) is 106 cm³/mol. The van der Waals surface area contributed by atoms with Gasteiger partial charge in [0.2, 0.25) is 11.8 Å². The maximum Gasteiger partial charge on any atom is 0.228 e. The molecule has 3 rings (SSSR count). The van der Waals surface area contributed by atoms with Crippen LogP contribution in [-0.2, 0) is 20.7 Å². The molecule has 2 saturated heterocycles. The summed E-state index contributed by atoms with van der Waals surface area (Å²) in [5.74, 6) is -0.0906. The van der Waals surface area contributed by atoms with Gasteiger partial charge in [-0.2, -0.15) is 0 Å². The Morgan fingerprint density at radius 1 is 1.22 bits per heavy atom. The molecule has 6 nitrogen and oxygen atoms in total. The summed E-state index contributed by atoms with van der Waals surface area (Å²) >= 11 is 0. The molecule has 2 aliphatic rings. The highest BCUT2D eigenvalue weighted by molar-refractivity contribution is 6.00. The molecule has 0 aromatic heterocycles. The van der Waals surface area contributed by atoms with E-state index in [1.165, 1.54) is 5.56 Å². The van der Waals surface area contributed by atoms with Gasteiger partial charge in [0, 0.05) is 38.3 Å². The molecular weight excluding hydrogens is 342 g/mol. The van der Waals surface area contributed by atoms with Crippen molar-refractivity contribution < 1.29 is 14.3 Å². The molecule has 27 heavy (non-hydrogen) atoms. The van der Waals surface area contributed by atoms with Crippen LogP contribution in [0.4, 0.5) is 5.69 Å². The molecule has 2 N–H and O–H groups in total. The van der Waals surface area contributed by atoms with Gasteiger partial charge in [0.05, 0.1) is 12.0 Å². The maximum atomic E-state index is 12.9. The molecule has 0 radical (unpaired) electrons. The lowest BCUT2D eigenvalue weighted by Gasteiger charge is -2.33. The minimum absolute atomic E-state index is 0.0394. The molecule has 0 spiro atoms. The van der Waals surface area contributed by atoms with Crippen LogP contribution in [-0.4, -0.2) is 55.6 Å². The van der Waals surface area contributed by atoms with E-state index < -0.39 is 0 Å². The van der Waals surface area contributed by atoms with Crippen LogP contribution in [0.15, 0.2) is 24.3 Å². The van der Waals surface area contributed by atoms with Gasteiger partial charge in [-0.25, -0.2) is 0 Å². The van der Waals surface area contributed by atoms with Crippen LogP contribution >= 0.6 is 0 Å². The van der Waals surface area contributed by atoms with Crippen molar-refractivity contribution in [2.75, 3.05) is 37.7 Å². The van der Waals surface area contributed by atoms with Crippen molar-refractivity contribution in [1.29, 1.82) is 0 Å². The number of amides is 2. The average molecular weight is 373 g/mol. The SMILES string of the molecule is CCc1ccc(N2CC(C(=O)N3CCC(OCCCN)CC3)CC2=O)cc1. The topological polar surface area (TPSA) is 75.9 Å². The average Bonchev–Trinajstić information content (AvgIpc) is 3.10. The van der Waals surface area contributed by atoms with Crippen LogP contribution in [0.5, 0.6) is 0 Å². The fraction of sp³-hybridized carbons (Fsp3) is 0.619. The fourth-order valence-electron chi connectivity index (χ4n) is 3.87. The summed E-state index contributed by atoms with van der Waals surface area (Å²) in [6, 6.07) is 8.06. The van der Waals surface area contributed by atoms with Crippen LogP contribution < -0.4 is 10.6 Å². The molecule has 0 aliphatic carbocycles. The number of rotatable bonds is 7. The van der Waals surface area contributed by atoms with Crippen LogP contribution in [0.2, 0.25) is 0 Å². The summed E-state index contributed by atoms with van der Waals surface area (Å²) in [5.41, 5.74) is 7.62. The van der Waals surface area contributed by atoms with Gasteiger partial charge >= 0.3 is 0 Å². The van der Waals surface area contributed by atoms with E-state index in [1.54, 1.807) is 4.90 Å². The Bertz CT molecular complexity index is 639. The molecule has 1 atom stereocenters. The lowest BCUT2D eigenvalue weighted by Crippen LogP contribution is -2.44. The lowest BCUT2D eigenvalue weighted by atomic mass is 10.0. The summed E-state index contributed by atoms with van der Waals surface area (Å²) < 4.78 is 5.81. The zero-order chi connectivity index (χ0) is 19.2. The van der Waals surface area contributed by atoms with Crippen molar-refractivity contribution >= 4 is 17.5 Å². The van der Waals surface area contributed by atoms with Crippen LogP contribution in [0.25, 0.3) is 0 Å². The number of aryl methyl sites for hydroxylation is 1. The number of nitrogens with zero attached hydrogens (tertiary/aromatic N) is 2. The highest BCUT2D eigenvalue weighted by atomic mass is 16.5. The Labute approximate surface area is 161 Å². The largest absolute Gasteiger partial charge is 0.378 e. The smallest absolute Gasteiger partial charge is 0.228 e. The van der Waals surface area contributed by atoms with E-state index in [9.17, 15) is 9.59 Å². The summed E-state index contributed by atoms with van der Waals surface area (Å²) in [5, 5.41) is 0. The van der Waals surface area contributed by atoms with Crippen LogP contribution in [0.1, 0.15) is 38.2 Å². The second-order valence-electron chi connectivity index (χ2n) is 7.46. The zero-order valence-corrected chi connectivity index (χ0v) is 16.2. The molecular formula is C21H31N3O3. The van der Waals surface area contributed by atoms with Gasteiger partial charge in [0.1, 0.15) is 0 Å². The van der Waals surface area contributed by atoms with E-state index in [1.807, 2.05) is 29.2 Å². The first-order valence-electron chi connectivity index (χ1n) is 10.1. The van der Waals surface area contributed by atoms with Crippen molar-refractivity contribution in [2.45, 2.75) is 45.1 Å². The quantitative estimate of drug-likeness (QED) is 0.742. The third kappa shape index (κ3) is 4.87. The predicted octanol–water partition coefficient (Wildman–Crippen LogP) is 1.96. The van der Waals surface area contributed by atoms with Crippen molar-refractivity contribution in [3.63, 3.8) is 0 Å². The fourth-order valence-corrected chi connectivity index (χ4v) is 3.87. The molecule has 0 saturated carbocycles. The Morgan fingerprint density at radius 3 is 2.56 bits per heavy atom. The van der Waals surface area contributed by atoms with Crippen molar-refractivity contribution in [3.8, 4) is 0 Å². The second kappa shape index (κ2) is 9.33. The number of ether oxygens (including phenoxy) is 1. The number of hydrogen-bond acceptors (Lipinski definition) is 4. The zero-order valence-electron chi connectivity index (χ0n) is 16.2. The molecule has 2 aliphatic heterocycles. The Hall–Kier alpha value is -1.92. The Morgan fingerprint density at radius 2 is 1.93 bits per heavy atom. The summed E-state index contributed by atoms with van der Waals surface area (Å²) in [4.78, 5) is 29.0. The number of anilines is 1. The van der Waals surface area contributed by atoms with Gasteiger partial charge < -0.3 is 20.3 Å².